The molecule has 0 radical (unpaired) electrons. The van der Waals surface area contributed by atoms with E-state index in [9.17, 15) is 5.11 Å². The lowest BCUT2D eigenvalue weighted by Gasteiger charge is -2.26. The molecular weight excluding hydrogens is 376 g/mol. The van der Waals surface area contributed by atoms with Gasteiger partial charge in [0.1, 0.15) is 17.3 Å². The van der Waals surface area contributed by atoms with Crippen molar-refractivity contribution in [2.45, 2.75) is 44.1 Å². The Balaban J connectivity index is 1.30. The Morgan fingerprint density at radius 1 is 1.00 bits per heavy atom. The van der Waals surface area contributed by atoms with Gasteiger partial charge in [-0.05, 0) is 49.1 Å². The van der Waals surface area contributed by atoms with Crippen LogP contribution in [0, 0.1) is 0 Å². The monoisotopic (exact) mass is 400 g/mol. The summed E-state index contributed by atoms with van der Waals surface area (Å²) < 4.78 is 6.07. The number of hydrogen-bond acceptors (Lipinski definition) is 5. The first kappa shape index (κ1) is 18.8. The number of aromatic nitrogens is 4. The Hall–Kier alpha value is -3.25. The molecule has 30 heavy (non-hydrogen) atoms. The van der Waals surface area contributed by atoms with E-state index in [2.05, 4.69) is 19.9 Å². The number of fused-ring (bicyclic) bond motifs is 1. The summed E-state index contributed by atoms with van der Waals surface area (Å²) in [5.41, 5.74) is 4.02. The highest BCUT2D eigenvalue weighted by molar-refractivity contribution is 5.74. The van der Waals surface area contributed by atoms with E-state index >= 15 is 0 Å². The number of imidazole rings is 1. The smallest absolute Gasteiger partial charge is 0.241 e. The van der Waals surface area contributed by atoms with Crippen molar-refractivity contribution in [2.75, 3.05) is 0 Å². The molecule has 0 spiro atoms. The number of nitrogens with zero attached hydrogens (tertiary/aromatic N) is 3. The second kappa shape index (κ2) is 8.24. The molecule has 5 rings (SSSR count). The summed E-state index contributed by atoms with van der Waals surface area (Å²) in [6.45, 7) is 0. The van der Waals surface area contributed by atoms with Gasteiger partial charge < -0.3 is 14.8 Å². The first-order valence-corrected chi connectivity index (χ1v) is 10.4. The number of hydrogen-bond donors (Lipinski definition) is 2. The van der Waals surface area contributed by atoms with E-state index in [4.69, 9.17) is 4.74 Å². The number of aliphatic hydroxyl groups is 1. The van der Waals surface area contributed by atoms with E-state index < -0.39 is 0 Å². The van der Waals surface area contributed by atoms with Crippen LogP contribution in [-0.2, 0) is 6.42 Å². The van der Waals surface area contributed by atoms with Gasteiger partial charge in [0, 0.05) is 24.7 Å². The number of nitrogens with one attached hydrogen (secondary N) is 1. The Morgan fingerprint density at radius 3 is 2.67 bits per heavy atom. The van der Waals surface area contributed by atoms with Crippen LogP contribution in [0.25, 0.3) is 11.0 Å². The van der Waals surface area contributed by atoms with Crippen molar-refractivity contribution in [1.82, 2.24) is 19.9 Å². The maximum absolute atomic E-state index is 10.0. The highest BCUT2D eigenvalue weighted by atomic mass is 16.5. The van der Waals surface area contributed by atoms with Crippen LogP contribution in [0.2, 0.25) is 0 Å². The summed E-state index contributed by atoms with van der Waals surface area (Å²) >= 11 is 0. The molecule has 0 unspecified atom stereocenters. The fourth-order valence-electron chi connectivity index (χ4n) is 4.18. The largest absolute Gasteiger partial charge is 0.437 e. The van der Waals surface area contributed by atoms with Gasteiger partial charge in [-0.3, -0.25) is 4.98 Å². The third-order valence-electron chi connectivity index (χ3n) is 5.67. The van der Waals surface area contributed by atoms with Gasteiger partial charge in [0.25, 0.3) is 0 Å². The van der Waals surface area contributed by atoms with Crippen LogP contribution in [0.5, 0.6) is 11.6 Å². The molecule has 2 aromatic carbocycles. The lowest BCUT2D eigenvalue weighted by molar-refractivity contribution is 0.118. The molecule has 1 aliphatic carbocycles. The number of aromatic amines is 1. The van der Waals surface area contributed by atoms with Gasteiger partial charge in [-0.15, -0.1) is 0 Å². The Kier molecular flexibility index (Phi) is 5.15. The summed E-state index contributed by atoms with van der Waals surface area (Å²) in [4.78, 5) is 16.9. The summed E-state index contributed by atoms with van der Waals surface area (Å²) in [6, 6.07) is 16.0. The molecular formula is C24H24N4O2. The number of benzene rings is 2. The van der Waals surface area contributed by atoms with Crippen LogP contribution >= 0.6 is 0 Å². The lowest BCUT2D eigenvalue weighted by atomic mass is 9.85. The van der Waals surface area contributed by atoms with Crippen LogP contribution in [0.1, 0.15) is 48.7 Å². The molecule has 4 aromatic rings. The fourth-order valence-corrected chi connectivity index (χ4v) is 4.18. The van der Waals surface area contributed by atoms with Crippen LogP contribution in [0.4, 0.5) is 0 Å². The minimum absolute atomic E-state index is 0.185. The maximum atomic E-state index is 10.0. The lowest BCUT2D eigenvalue weighted by Crippen LogP contribution is -2.19. The van der Waals surface area contributed by atoms with Crippen molar-refractivity contribution in [3.05, 3.63) is 78.0 Å². The van der Waals surface area contributed by atoms with Crippen LogP contribution in [0.15, 0.2) is 60.9 Å². The average Bonchev–Trinajstić information content (AvgIpc) is 3.18. The highest BCUT2D eigenvalue weighted by Crippen LogP contribution is 2.36. The van der Waals surface area contributed by atoms with Crippen molar-refractivity contribution in [3.63, 3.8) is 0 Å². The van der Waals surface area contributed by atoms with E-state index in [-0.39, 0.29) is 12.0 Å². The summed E-state index contributed by atoms with van der Waals surface area (Å²) in [7, 11) is 0. The summed E-state index contributed by atoms with van der Waals surface area (Å²) in [6.07, 6.45) is 7.38. The minimum atomic E-state index is -0.267. The van der Waals surface area contributed by atoms with Gasteiger partial charge in [-0.25, -0.2) is 9.97 Å². The molecule has 0 bridgehead atoms. The SMILES string of the molecule is O[C@@H]1CCC[C@H](c2nccnc2Oc2ccc(Cc3nc4ccccc4[nH]3)cc2)C1. The molecule has 0 amide bonds. The zero-order valence-electron chi connectivity index (χ0n) is 16.7. The zero-order chi connectivity index (χ0) is 20.3. The molecule has 0 aliphatic heterocycles. The summed E-state index contributed by atoms with van der Waals surface area (Å²) in [5.74, 6) is 2.38. The maximum Gasteiger partial charge on any atom is 0.241 e. The Morgan fingerprint density at radius 2 is 1.83 bits per heavy atom. The van der Waals surface area contributed by atoms with Gasteiger partial charge in [0.05, 0.1) is 17.1 Å². The molecule has 0 saturated heterocycles. The van der Waals surface area contributed by atoms with E-state index in [1.807, 2.05) is 48.5 Å². The Bertz CT molecular complexity index is 1110. The standard InChI is InChI=1S/C24H24N4O2/c29-18-5-3-4-17(15-18)23-24(26-13-12-25-23)30-19-10-8-16(9-11-19)14-22-27-20-6-1-2-7-21(20)28-22/h1-2,6-13,17-18,29H,3-5,14-15H2,(H,27,28)/t17-,18+/m0/s1. The van der Waals surface area contributed by atoms with E-state index in [0.717, 1.165) is 59.5 Å². The highest BCUT2D eigenvalue weighted by Gasteiger charge is 2.26. The van der Waals surface area contributed by atoms with E-state index in [1.54, 1.807) is 12.4 Å². The Labute approximate surface area is 175 Å². The molecule has 1 fully saturated rings. The number of aliphatic hydroxyl groups excluding tert-OH is 1. The predicted molar refractivity (Wildman–Crippen MR) is 115 cm³/mol. The van der Waals surface area contributed by atoms with Crippen LogP contribution in [0.3, 0.4) is 0 Å². The average molecular weight is 400 g/mol. The van der Waals surface area contributed by atoms with Crippen molar-refractivity contribution in [1.29, 1.82) is 0 Å². The molecule has 2 N–H and O–H groups in total. The first-order chi connectivity index (χ1) is 14.7. The van der Waals surface area contributed by atoms with Crippen molar-refractivity contribution in [2.24, 2.45) is 0 Å². The van der Waals surface area contributed by atoms with E-state index in [0.29, 0.717) is 12.3 Å². The number of ether oxygens (including phenoxy) is 1. The third kappa shape index (κ3) is 4.04. The number of rotatable bonds is 5. The predicted octanol–water partition coefficient (Wildman–Crippen LogP) is 4.75. The topological polar surface area (TPSA) is 83.9 Å². The molecule has 2 heterocycles. The molecule has 2 atom stereocenters. The fraction of sp³-hybridized carbons (Fsp3) is 0.292. The number of para-hydroxylation sites is 2. The third-order valence-corrected chi connectivity index (χ3v) is 5.67. The van der Waals surface area contributed by atoms with Gasteiger partial charge >= 0.3 is 0 Å². The van der Waals surface area contributed by atoms with Gasteiger partial charge in [-0.2, -0.15) is 0 Å². The van der Waals surface area contributed by atoms with Gasteiger partial charge in [-0.1, -0.05) is 30.7 Å². The normalized spacial score (nSPS) is 19.1. The quantitative estimate of drug-likeness (QED) is 0.505. The number of H-pyrrole nitrogens is 1. The van der Waals surface area contributed by atoms with Gasteiger partial charge in [0.15, 0.2) is 0 Å². The van der Waals surface area contributed by atoms with Crippen molar-refractivity contribution in [3.8, 4) is 11.6 Å². The molecule has 152 valence electrons. The molecule has 1 aliphatic rings. The summed E-state index contributed by atoms with van der Waals surface area (Å²) in [5, 5.41) is 10.0. The second-order valence-electron chi connectivity index (χ2n) is 7.89. The molecule has 1 saturated carbocycles. The van der Waals surface area contributed by atoms with Crippen LogP contribution < -0.4 is 4.74 Å². The van der Waals surface area contributed by atoms with Crippen LogP contribution in [-0.4, -0.2) is 31.1 Å². The molecule has 2 aromatic heterocycles. The molecule has 6 heteroatoms. The van der Waals surface area contributed by atoms with Crippen molar-refractivity contribution >= 4 is 11.0 Å². The first-order valence-electron chi connectivity index (χ1n) is 10.4. The van der Waals surface area contributed by atoms with Gasteiger partial charge in [0.2, 0.25) is 5.88 Å². The van der Waals surface area contributed by atoms with Crippen molar-refractivity contribution < 1.29 is 9.84 Å². The minimum Gasteiger partial charge on any atom is -0.437 e. The second-order valence-corrected chi connectivity index (χ2v) is 7.89. The molecule has 6 nitrogen and oxygen atoms in total. The zero-order valence-corrected chi connectivity index (χ0v) is 16.7. The van der Waals surface area contributed by atoms with E-state index in [1.165, 1.54) is 0 Å².